The van der Waals surface area contributed by atoms with Crippen LogP contribution in [0.3, 0.4) is 0 Å². The monoisotopic (exact) mass is 507 g/mol. The molecular formula is C24H31Cl2N5O3. The molecule has 0 saturated carbocycles. The van der Waals surface area contributed by atoms with Gasteiger partial charge in [0.1, 0.15) is 17.0 Å². The van der Waals surface area contributed by atoms with Gasteiger partial charge >= 0.3 is 6.03 Å². The summed E-state index contributed by atoms with van der Waals surface area (Å²) in [4.78, 5) is 42.5. The van der Waals surface area contributed by atoms with Gasteiger partial charge in [-0.1, -0.05) is 56.0 Å². The second-order valence-corrected chi connectivity index (χ2v) is 9.70. The molecule has 1 aromatic rings. The smallest absolute Gasteiger partial charge is 0.334 e. The van der Waals surface area contributed by atoms with Crippen molar-refractivity contribution in [2.45, 2.75) is 56.2 Å². The van der Waals surface area contributed by atoms with Crippen molar-refractivity contribution in [2.75, 3.05) is 26.2 Å². The summed E-state index contributed by atoms with van der Waals surface area (Å²) in [5, 5.41) is 6.00. The van der Waals surface area contributed by atoms with Gasteiger partial charge in [0, 0.05) is 13.1 Å². The van der Waals surface area contributed by atoms with Gasteiger partial charge in [-0.05, 0) is 18.4 Å². The van der Waals surface area contributed by atoms with Gasteiger partial charge in [0.15, 0.2) is 0 Å². The van der Waals surface area contributed by atoms with Crippen LogP contribution in [-0.2, 0) is 16.1 Å². The van der Waals surface area contributed by atoms with Crippen molar-refractivity contribution in [3.63, 3.8) is 0 Å². The van der Waals surface area contributed by atoms with Gasteiger partial charge in [-0.25, -0.2) is 9.80 Å². The van der Waals surface area contributed by atoms with Gasteiger partial charge in [-0.15, -0.1) is 29.6 Å². The number of fused-ring (bicyclic) bond motifs is 1. The number of hydrogen-bond acceptors (Lipinski definition) is 4. The van der Waals surface area contributed by atoms with E-state index in [1.54, 1.807) is 14.8 Å². The predicted octanol–water partition coefficient (Wildman–Crippen LogP) is 2.81. The molecule has 2 aliphatic heterocycles. The molecule has 2 atom stereocenters. The molecular weight excluding hydrogens is 477 g/mol. The molecule has 184 valence electrons. The summed E-state index contributed by atoms with van der Waals surface area (Å²) >= 11 is 11.9. The SMILES string of the molecule is C#CCN1CC(=O)N2[C@@H](CCCC)C(=O)N(CCC(Cl)Cl)C[C@@H]2N1C(=O)NCc1ccccc1. The average molecular weight is 508 g/mol. The maximum atomic E-state index is 13.4. The molecule has 1 N–H and O–H groups in total. The van der Waals surface area contributed by atoms with Crippen molar-refractivity contribution in [2.24, 2.45) is 0 Å². The van der Waals surface area contributed by atoms with E-state index < -0.39 is 17.0 Å². The predicted molar refractivity (Wildman–Crippen MR) is 132 cm³/mol. The molecule has 0 unspecified atom stereocenters. The Morgan fingerprint density at radius 3 is 2.65 bits per heavy atom. The van der Waals surface area contributed by atoms with E-state index in [1.165, 1.54) is 5.01 Å². The normalized spacial score (nSPS) is 21.0. The van der Waals surface area contributed by atoms with Crippen LogP contribution in [0.5, 0.6) is 0 Å². The van der Waals surface area contributed by atoms with Gasteiger partial charge in [0.05, 0.1) is 19.6 Å². The van der Waals surface area contributed by atoms with Gasteiger partial charge < -0.3 is 15.1 Å². The van der Waals surface area contributed by atoms with Crippen molar-refractivity contribution >= 4 is 41.0 Å². The first kappa shape index (κ1) is 26.1. The number of rotatable bonds is 9. The van der Waals surface area contributed by atoms with Crippen LogP contribution in [-0.4, -0.2) is 80.9 Å². The third kappa shape index (κ3) is 6.15. The molecule has 0 aromatic heterocycles. The lowest BCUT2D eigenvalue weighted by molar-refractivity contribution is -0.189. The number of carbonyl (C=O) groups is 3. The number of hydrogen-bond donors (Lipinski definition) is 1. The molecule has 2 saturated heterocycles. The molecule has 4 amide bonds. The average Bonchev–Trinajstić information content (AvgIpc) is 2.82. The molecule has 1 aromatic carbocycles. The van der Waals surface area contributed by atoms with Crippen LogP contribution in [0.2, 0.25) is 0 Å². The fourth-order valence-corrected chi connectivity index (χ4v) is 4.62. The fourth-order valence-electron chi connectivity index (χ4n) is 4.42. The largest absolute Gasteiger partial charge is 0.337 e. The number of hydrazine groups is 1. The summed E-state index contributed by atoms with van der Waals surface area (Å²) in [6.45, 7) is 2.88. The molecule has 10 heteroatoms. The number of terminal acetylenes is 1. The second-order valence-electron chi connectivity index (χ2n) is 8.42. The van der Waals surface area contributed by atoms with E-state index in [2.05, 4.69) is 11.2 Å². The molecule has 2 heterocycles. The summed E-state index contributed by atoms with van der Waals surface area (Å²) in [6, 6.07) is 8.52. The summed E-state index contributed by atoms with van der Waals surface area (Å²) in [5.41, 5.74) is 0.945. The summed E-state index contributed by atoms with van der Waals surface area (Å²) in [5.74, 6) is 2.18. The molecule has 8 nitrogen and oxygen atoms in total. The third-order valence-corrected chi connectivity index (χ3v) is 6.48. The Balaban J connectivity index is 1.89. The number of halogens is 2. The lowest BCUT2D eigenvalue weighted by Gasteiger charge is -2.55. The van der Waals surface area contributed by atoms with E-state index in [1.807, 2.05) is 37.3 Å². The zero-order valence-corrected chi connectivity index (χ0v) is 20.8. The van der Waals surface area contributed by atoms with E-state index >= 15 is 0 Å². The maximum Gasteiger partial charge on any atom is 0.334 e. The molecule has 0 radical (unpaired) electrons. The number of urea groups is 1. The van der Waals surface area contributed by atoms with Crippen LogP contribution in [0.15, 0.2) is 30.3 Å². The van der Waals surface area contributed by atoms with Crippen molar-refractivity contribution in [1.82, 2.24) is 25.1 Å². The second kappa shape index (κ2) is 12.3. The minimum Gasteiger partial charge on any atom is -0.337 e. The van der Waals surface area contributed by atoms with Crippen molar-refractivity contribution in [1.29, 1.82) is 0 Å². The number of piperazine rings is 1. The number of carbonyl (C=O) groups excluding carboxylic acids is 3. The van der Waals surface area contributed by atoms with E-state index in [4.69, 9.17) is 29.6 Å². The van der Waals surface area contributed by atoms with Gasteiger partial charge in [-0.2, -0.15) is 5.01 Å². The zero-order chi connectivity index (χ0) is 24.7. The number of nitrogens with one attached hydrogen (secondary N) is 1. The van der Waals surface area contributed by atoms with Crippen molar-refractivity contribution < 1.29 is 14.4 Å². The van der Waals surface area contributed by atoms with Crippen LogP contribution >= 0.6 is 23.2 Å². The minimum atomic E-state index is -0.672. The Morgan fingerprint density at radius 1 is 1.26 bits per heavy atom. The summed E-state index contributed by atoms with van der Waals surface area (Å²) in [7, 11) is 0. The minimum absolute atomic E-state index is 0.0687. The first-order valence-corrected chi connectivity index (χ1v) is 12.4. The molecule has 34 heavy (non-hydrogen) atoms. The Labute approximate surface area is 211 Å². The first-order chi connectivity index (χ1) is 16.4. The lowest BCUT2D eigenvalue weighted by atomic mass is 10.0. The molecule has 0 aliphatic carbocycles. The quantitative estimate of drug-likeness (QED) is 0.411. The Hall–Kier alpha value is -2.47. The Kier molecular flexibility index (Phi) is 9.45. The van der Waals surface area contributed by atoms with E-state index in [-0.39, 0.29) is 37.5 Å². The first-order valence-electron chi connectivity index (χ1n) is 11.5. The maximum absolute atomic E-state index is 13.4. The topological polar surface area (TPSA) is 76.2 Å². The van der Waals surface area contributed by atoms with Crippen LogP contribution in [0.25, 0.3) is 0 Å². The van der Waals surface area contributed by atoms with Crippen molar-refractivity contribution in [3.05, 3.63) is 35.9 Å². The number of alkyl halides is 2. The zero-order valence-electron chi connectivity index (χ0n) is 19.3. The Morgan fingerprint density at radius 2 is 2.00 bits per heavy atom. The van der Waals surface area contributed by atoms with Gasteiger partial charge in [0.25, 0.3) is 0 Å². The fraction of sp³-hybridized carbons (Fsp3) is 0.542. The molecule has 0 bridgehead atoms. The van der Waals surface area contributed by atoms with Crippen LogP contribution < -0.4 is 5.32 Å². The van der Waals surface area contributed by atoms with Gasteiger partial charge in [0.2, 0.25) is 11.8 Å². The molecule has 3 rings (SSSR count). The van der Waals surface area contributed by atoms with E-state index in [9.17, 15) is 14.4 Å². The Bertz CT molecular complexity index is 908. The highest BCUT2D eigenvalue weighted by Crippen LogP contribution is 2.29. The highest BCUT2D eigenvalue weighted by Gasteiger charge is 2.50. The van der Waals surface area contributed by atoms with Crippen LogP contribution in [0.1, 0.15) is 38.2 Å². The number of unbranched alkanes of at least 4 members (excludes halogenated alkanes) is 1. The highest BCUT2D eigenvalue weighted by molar-refractivity contribution is 6.44. The number of benzene rings is 1. The van der Waals surface area contributed by atoms with Gasteiger partial charge in [-0.3, -0.25) is 9.59 Å². The number of nitrogens with zero attached hydrogens (tertiary/aromatic N) is 4. The van der Waals surface area contributed by atoms with Crippen molar-refractivity contribution in [3.8, 4) is 12.3 Å². The van der Waals surface area contributed by atoms with Crippen LogP contribution in [0.4, 0.5) is 4.79 Å². The number of amides is 4. The molecule has 2 fully saturated rings. The third-order valence-electron chi connectivity index (χ3n) is 6.05. The molecule has 0 spiro atoms. The van der Waals surface area contributed by atoms with Crippen LogP contribution in [0, 0.1) is 12.3 Å². The highest BCUT2D eigenvalue weighted by atomic mass is 35.5. The lowest BCUT2D eigenvalue weighted by Crippen LogP contribution is -2.76. The molecule has 2 aliphatic rings. The van der Waals surface area contributed by atoms with E-state index in [0.29, 0.717) is 25.9 Å². The summed E-state index contributed by atoms with van der Waals surface area (Å²) in [6.07, 6.45) is 7.46. The van der Waals surface area contributed by atoms with E-state index in [0.717, 1.165) is 18.4 Å². The standard InChI is InChI=1S/C24H31Cl2N5O3/c1-3-5-11-19-23(33)28(14-12-20(25)26)16-21-30(19)22(32)17-29(13-4-2)31(21)24(34)27-15-18-9-7-6-8-10-18/h2,6-10,19-21H,3,5,11-17H2,1H3,(H,27,34)/t19-,21-/m0/s1. The summed E-state index contributed by atoms with van der Waals surface area (Å²) < 4.78 is 0.